The molecule has 1 aromatic carbocycles. The number of carbonyl (C=O) groups is 3. The van der Waals surface area contributed by atoms with Crippen molar-refractivity contribution in [1.82, 2.24) is 10.2 Å². The van der Waals surface area contributed by atoms with Gasteiger partial charge < -0.3 is 15.1 Å². The fourth-order valence-electron chi connectivity index (χ4n) is 3.71. The second-order valence-corrected chi connectivity index (χ2v) is 7.42. The number of fused-ring (bicyclic) bond motifs is 3. The number of aliphatic imine (C=N–C) groups is 1. The lowest BCUT2D eigenvalue weighted by molar-refractivity contribution is -0.131. The number of nitrogens with one attached hydrogen (secondary N) is 1. The summed E-state index contributed by atoms with van der Waals surface area (Å²) in [6, 6.07) is 1.62. The van der Waals surface area contributed by atoms with Gasteiger partial charge >= 0.3 is 0 Å². The highest BCUT2D eigenvalue weighted by atomic mass is 35.5. The third kappa shape index (κ3) is 3.84. The van der Waals surface area contributed by atoms with Crippen LogP contribution in [0.4, 0.5) is 10.1 Å². The van der Waals surface area contributed by atoms with E-state index in [-0.39, 0.29) is 47.0 Å². The Labute approximate surface area is 171 Å². The zero-order chi connectivity index (χ0) is 20.4. The molecule has 1 saturated heterocycles. The first kappa shape index (κ1) is 20.5. The van der Waals surface area contributed by atoms with Crippen molar-refractivity contribution < 1.29 is 18.8 Å². The van der Waals surface area contributed by atoms with E-state index in [1.54, 1.807) is 11.0 Å². The van der Waals surface area contributed by atoms with Crippen molar-refractivity contribution in [2.75, 3.05) is 31.6 Å². The Morgan fingerprint density at radius 2 is 2.11 bits per heavy atom. The molecule has 150 valence electrons. The number of piperazine rings is 1. The van der Waals surface area contributed by atoms with Crippen LogP contribution in [0.15, 0.2) is 11.1 Å². The van der Waals surface area contributed by atoms with Crippen molar-refractivity contribution in [1.29, 1.82) is 0 Å². The van der Waals surface area contributed by atoms with Crippen molar-refractivity contribution in [2.45, 2.75) is 25.3 Å². The number of amides is 3. The van der Waals surface area contributed by atoms with E-state index < -0.39 is 11.7 Å². The Balaban J connectivity index is 1.65. The van der Waals surface area contributed by atoms with Crippen molar-refractivity contribution in [2.24, 2.45) is 4.99 Å². The van der Waals surface area contributed by atoms with Gasteiger partial charge in [-0.05, 0) is 12.5 Å². The maximum absolute atomic E-state index is 14.4. The molecule has 2 heterocycles. The van der Waals surface area contributed by atoms with E-state index in [1.807, 2.05) is 4.90 Å². The number of rotatable bonds is 5. The van der Waals surface area contributed by atoms with Gasteiger partial charge in [0.25, 0.3) is 5.91 Å². The molecule has 0 bridgehead atoms. The van der Waals surface area contributed by atoms with Gasteiger partial charge in [0, 0.05) is 50.8 Å². The van der Waals surface area contributed by atoms with E-state index >= 15 is 0 Å². The Hall–Kier alpha value is -2.19. The molecule has 0 spiro atoms. The van der Waals surface area contributed by atoms with E-state index in [9.17, 15) is 18.8 Å². The van der Waals surface area contributed by atoms with Crippen LogP contribution in [0.25, 0.3) is 0 Å². The summed E-state index contributed by atoms with van der Waals surface area (Å²) in [5.41, 5.74) is 1.27. The summed E-state index contributed by atoms with van der Waals surface area (Å²) in [6.45, 7) is 1.45. The van der Waals surface area contributed by atoms with Gasteiger partial charge in [-0.15, -0.1) is 0 Å². The van der Waals surface area contributed by atoms with Crippen LogP contribution in [0.3, 0.4) is 0 Å². The topological polar surface area (TPSA) is 82.1 Å². The molecular formula is C18H19Cl2FN4O3. The van der Waals surface area contributed by atoms with E-state index in [2.05, 4.69) is 10.3 Å². The minimum atomic E-state index is -0.503. The zero-order valence-corrected chi connectivity index (χ0v) is 16.7. The maximum atomic E-state index is 14.4. The fraction of sp³-hybridized carbons (Fsp3) is 0.444. The average molecular weight is 429 g/mol. The van der Waals surface area contributed by atoms with Gasteiger partial charge in [0.2, 0.25) is 12.3 Å². The minimum absolute atomic E-state index is 0.0177. The molecule has 1 unspecified atom stereocenters. The predicted octanol–water partition coefficient (Wildman–Crippen LogP) is 1.83. The molecule has 0 aromatic heterocycles. The number of carbonyl (C=O) groups excluding carboxylic acids is 3. The monoisotopic (exact) mass is 428 g/mol. The Morgan fingerprint density at radius 3 is 2.79 bits per heavy atom. The first-order valence-corrected chi connectivity index (χ1v) is 9.56. The second-order valence-electron chi connectivity index (χ2n) is 6.64. The van der Waals surface area contributed by atoms with Crippen molar-refractivity contribution >= 4 is 52.8 Å². The number of anilines is 1. The van der Waals surface area contributed by atoms with Gasteiger partial charge in [0.15, 0.2) is 0 Å². The summed E-state index contributed by atoms with van der Waals surface area (Å²) in [7, 11) is 1.43. The van der Waals surface area contributed by atoms with Gasteiger partial charge in [0.1, 0.15) is 11.5 Å². The molecule has 0 saturated carbocycles. The van der Waals surface area contributed by atoms with Crippen LogP contribution < -0.4 is 10.2 Å². The summed E-state index contributed by atoms with van der Waals surface area (Å²) >= 11 is 11.9. The number of hydrogen-bond donors (Lipinski definition) is 1. The highest BCUT2D eigenvalue weighted by molar-refractivity contribution is 6.42. The predicted molar refractivity (Wildman–Crippen MR) is 105 cm³/mol. The molecule has 3 rings (SSSR count). The largest absolute Gasteiger partial charge is 0.364 e. The number of halogens is 3. The molecule has 28 heavy (non-hydrogen) atoms. The van der Waals surface area contributed by atoms with E-state index in [1.165, 1.54) is 7.05 Å². The number of hydrogen-bond acceptors (Lipinski definition) is 4. The molecule has 1 N–H and O–H groups in total. The van der Waals surface area contributed by atoms with Crippen molar-refractivity contribution in [3.8, 4) is 0 Å². The second kappa shape index (κ2) is 8.45. The van der Waals surface area contributed by atoms with Crippen LogP contribution in [-0.4, -0.2) is 61.6 Å². The summed E-state index contributed by atoms with van der Waals surface area (Å²) < 4.78 is 14.4. The molecule has 0 aliphatic carbocycles. The summed E-state index contributed by atoms with van der Waals surface area (Å²) in [5.74, 6) is -1.13. The highest BCUT2D eigenvalue weighted by Crippen LogP contribution is 2.41. The fourth-order valence-corrected chi connectivity index (χ4v) is 4.06. The van der Waals surface area contributed by atoms with Crippen LogP contribution in [0.1, 0.15) is 18.4 Å². The maximum Gasteiger partial charge on any atom is 0.265 e. The average Bonchev–Trinajstić information content (AvgIpc) is 3.06. The van der Waals surface area contributed by atoms with Crippen LogP contribution in [-0.2, 0) is 20.8 Å². The van der Waals surface area contributed by atoms with E-state index in [0.29, 0.717) is 31.6 Å². The SMILES string of the molecule is CNC(=O)C(CCC(=O)N1CCN2c3cc(Cl)c(Cl)c(F)c3CC2C1)=NC=O. The summed E-state index contributed by atoms with van der Waals surface area (Å²) in [4.78, 5) is 42.0. The standard InChI is InChI=1S/C18H19Cl2FN4O3/c1-22-18(28)13(23-9-26)2-3-15(27)24-4-5-25-10(8-24)6-11-14(25)7-12(19)16(20)17(11)21/h7,9-10H,2-6,8H2,1H3,(H,22,28). The van der Waals surface area contributed by atoms with Gasteiger partial charge in [-0.3, -0.25) is 14.4 Å². The molecule has 1 fully saturated rings. The van der Waals surface area contributed by atoms with Gasteiger partial charge in [-0.1, -0.05) is 23.2 Å². The lowest BCUT2D eigenvalue weighted by atomic mass is 10.1. The van der Waals surface area contributed by atoms with Gasteiger partial charge in [0.05, 0.1) is 16.1 Å². The zero-order valence-electron chi connectivity index (χ0n) is 15.2. The van der Waals surface area contributed by atoms with Gasteiger partial charge in [-0.2, -0.15) is 0 Å². The lowest BCUT2D eigenvalue weighted by Crippen LogP contribution is -2.53. The molecule has 2 aliphatic rings. The summed E-state index contributed by atoms with van der Waals surface area (Å²) in [5, 5.41) is 2.49. The van der Waals surface area contributed by atoms with Crippen LogP contribution in [0, 0.1) is 5.82 Å². The normalized spacial score (nSPS) is 18.6. The molecule has 0 radical (unpaired) electrons. The van der Waals surface area contributed by atoms with E-state index in [4.69, 9.17) is 23.2 Å². The van der Waals surface area contributed by atoms with Crippen LogP contribution in [0.5, 0.6) is 0 Å². The van der Waals surface area contributed by atoms with Gasteiger partial charge in [-0.25, -0.2) is 9.38 Å². The Kier molecular flexibility index (Phi) is 6.20. The molecule has 1 atom stereocenters. The third-order valence-electron chi connectivity index (χ3n) is 5.10. The lowest BCUT2D eigenvalue weighted by Gasteiger charge is -2.39. The smallest absolute Gasteiger partial charge is 0.265 e. The van der Waals surface area contributed by atoms with Crippen molar-refractivity contribution in [3.05, 3.63) is 27.5 Å². The van der Waals surface area contributed by atoms with Crippen molar-refractivity contribution in [3.63, 3.8) is 0 Å². The molecule has 2 aliphatic heterocycles. The molecular weight excluding hydrogens is 410 g/mol. The third-order valence-corrected chi connectivity index (χ3v) is 5.86. The Bertz CT molecular complexity index is 862. The number of benzene rings is 1. The minimum Gasteiger partial charge on any atom is -0.364 e. The van der Waals surface area contributed by atoms with Crippen LogP contribution >= 0.6 is 23.2 Å². The van der Waals surface area contributed by atoms with E-state index in [0.717, 1.165) is 5.69 Å². The first-order valence-electron chi connectivity index (χ1n) is 8.80. The summed E-state index contributed by atoms with van der Waals surface area (Å²) in [6.07, 6.45) is 0.861. The Morgan fingerprint density at radius 1 is 1.36 bits per heavy atom. The highest BCUT2D eigenvalue weighted by Gasteiger charge is 2.38. The van der Waals surface area contributed by atoms with Crippen LogP contribution in [0.2, 0.25) is 10.0 Å². The first-order chi connectivity index (χ1) is 13.4. The quantitative estimate of drug-likeness (QED) is 0.440. The molecule has 1 aromatic rings. The molecule has 3 amide bonds. The molecule has 10 heteroatoms. The number of nitrogens with zero attached hydrogens (tertiary/aromatic N) is 3. The molecule has 7 nitrogen and oxygen atoms in total.